The number of rotatable bonds is 5. The molecule has 0 aliphatic heterocycles. The van der Waals surface area contributed by atoms with Crippen LogP contribution < -0.4 is 5.32 Å². The molecule has 1 aromatic carbocycles. The van der Waals surface area contributed by atoms with E-state index >= 15 is 0 Å². The first-order valence-corrected chi connectivity index (χ1v) is 6.74. The first-order chi connectivity index (χ1) is 9.36. The molecule has 0 spiro atoms. The summed E-state index contributed by atoms with van der Waals surface area (Å²) in [5.41, 5.74) is 1.36. The number of carboxylic acids is 1. The van der Waals surface area contributed by atoms with E-state index in [4.69, 9.17) is 5.11 Å². The molecular formula is C15H22N2O3. The van der Waals surface area contributed by atoms with Crippen molar-refractivity contribution in [3.8, 4) is 0 Å². The van der Waals surface area contributed by atoms with Gasteiger partial charge in [-0.25, -0.2) is 9.59 Å². The predicted octanol–water partition coefficient (Wildman–Crippen LogP) is 3.35. The molecule has 0 saturated heterocycles. The summed E-state index contributed by atoms with van der Waals surface area (Å²) in [6, 6.07) is 4.79. The van der Waals surface area contributed by atoms with Gasteiger partial charge in [-0.1, -0.05) is 19.4 Å². The Morgan fingerprint density at radius 1 is 1.40 bits per heavy atom. The van der Waals surface area contributed by atoms with Crippen molar-refractivity contribution in [1.29, 1.82) is 0 Å². The number of urea groups is 1. The zero-order valence-corrected chi connectivity index (χ0v) is 12.4. The van der Waals surface area contributed by atoms with E-state index in [0.717, 1.165) is 12.8 Å². The summed E-state index contributed by atoms with van der Waals surface area (Å²) in [6.07, 6.45) is 1.94. The molecule has 0 heterocycles. The number of benzene rings is 1. The zero-order valence-electron chi connectivity index (χ0n) is 12.4. The van der Waals surface area contributed by atoms with Crippen molar-refractivity contribution in [3.63, 3.8) is 0 Å². The Labute approximate surface area is 119 Å². The lowest BCUT2D eigenvalue weighted by Gasteiger charge is -2.25. The molecule has 0 fully saturated rings. The Balaban J connectivity index is 2.80. The number of nitrogens with zero attached hydrogens (tertiary/aromatic N) is 1. The third-order valence-corrected chi connectivity index (χ3v) is 3.41. The van der Waals surface area contributed by atoms with E-state index in [1.165, 1.54) is 6.07 Å². The van der Waals surface area contributed by atoms with Crippen molar-refractivity contribution in [1.82, 2.24) is 4.90 Å². The molecule has 5 nitrogen and oxygen atoms in total. The molecule has 1 atom stereocenters. The number of nitrogens with one attached hydrogen (secondary N) is 1. The van der Waals surface area contributed by atoms with Gasteiger partial charge in [0, 0.05) is 18.8 Å². The van der Waals surface area contributed by atoms with Gasteiger partial charge in [0.15, 0.2) is 0 Å². The number of aryl methyl sites for hydroxylation is 1. The van der Waals surface area contributed by atoms with Crippen molar-refractivity contribution in [2.24, 2.45) is 0 Å². The van der Waals surface area contributed by atoms with Crippen LogP contribution in [0, 0.1) is 6.92 Å². The molecule has 0 aliphatic carbocycles. The Morgan fingerprint density at radius 2 is 2.05 bits per heavy atom. The number of amides is 2. The highest BCUT2D eigenvalue weighted by Gasteiger charge is 2.16. The minimum Gasteiger partial charge on any atom is -0.478 e. The highest BCUT2D eigenvalue weighted by Crippen LogP contribution is 2.16. The number of carbonyl (C=O) groups is 2. The molecule has 1 aromatic rings. The number of anilines is 1. The van der Waals surface area contributed by atoms with Gasteiger partial charge in [-0.2, -0.15) is 0 Å². The molecule has 110 valence electrons. The SMILES string of the molecule is CCCC(C)N(C)C(=O)Nc1ccc(C)c(C(=O)O)c1. The van der Waals surface area contributed by atoms with Crippen molar-refractivity contribution in [3.05, 3.63) is 29.3 Å². The largest absolute Gasteiger partial charge is 0.478 e. The minimum absolute atomic E-state index is 0.143. The molecule has 1 unspecified atom stereocenters. The van der Waals surface area contributed by atoms with E-state index in [2.05, 4.69) is 12.2 Å². The van der Waals surface area contributed by atoms with Crippen LogP contribution in [0.1, 0.15) is 42.6 Å². The maximum atomic E-state index is 12.1. The minimum atomic E-state index is -0.994. The summed E-state index contributed by atoms with van der Waals surface area (Å²) < 4.78 is 0. The molecule has 0 aliphatic rings. The van der Waals surface area contributed by atoms with Crippen LogP contribution >= 0.6 is 0 Å². The van der Waals surface area contributed by atoms with Gasteiger partial charge in [0.25, 0.3) is 0 Å². The monoisotopic (exact) mass is 278 g/mol. The van der Waals surface area contributed by atoms with Crippen LogP contribution in [-0.4, -0.2) is 35.1 Å². The van der Waals surface area contributed by atoms with E-state index in [1.54, 1.807) is 31.0 Å². The van der Waals surface area contributed by atoms with E-state index in [1.807, 2.05) is 6.92 Å². The Kier molecular flexibility index (Phi) is 5.55. The van der Waals surface area contributed by atoms with Gasteiger partial charge in [0.2, 0.25) is 0 Å². The molecule has 2 N–H and O–H groups in total. The second kappa shape index (κ2) is 6.93. The van der Waals surface area contributed by atoms with Crippen LogP contribution in [0.25, 0.3) is 0 Å². The van der Waals surface area contributed by atoms with Crippen molar-refractivity contribution in [2.75, 3.05) is 12.4 Å². The van der Waals surface area contributed by atoms with Gasteiger partial charge in [-0.3, -0.25) is 0 Å². The lowest BCUT2D eigenvalue weighted by molar-refractivity contribution is 0.0696. The van der Waals surface area contributed by atoms with Crippen molar-refractivity contribution >= 4 is 17.7 Å². The van der Waals surface area contributed by atoms with Gasteiger partial charge >= 0.3 is 12.0 Å². The highest BCUT2D eigenvalue weighted by molar-refractivity contribution is 5.94. The maximum Gasteiger partial charge on any atom is 0.336 e. The highest BCUT2D eigenvalue weighted by atomic mass is 16.4. The fraction of sp³-hybridized carbons (Fsp3) is 0.467. The summed E-state index contributed by atoms with van der Waals surface area (Å²) in [5, 5.41) is 11.8. The first kappa shape index (κ1) is 16.0. The second-order valence-corrected chi connectivity index (χ2v) is 5.01. The van der Waals surface area contributed by atoms with Crippen LogP contribution in [0.15, 0.2) is 18.2 Å². The number of hydrogen-bond donors (Lipinski definition) is 2. The Morgan fingerprint density at radius 3 is 2.60 bits per heavy atom. The maximum absolute atomic E-state index is 12.1. The fourth-order valence-corrected chi connectivity index (χ4v) is 1.95. The molecule has 1 rings (SSSR count). The summed E-state index contributed by atoms with van der Waals surface area (Å²) >= 11 is 0. The van der Waals surface area contributed by atoms with Gasteiger partial charge in [-0.05, 0) is 38.0 Å². The molecule has 0 bridgehead atoms. The fourth-order valence-electron chi connectivity index (χ4n) is 1.95. The van der Waals surface area contributed by atoms with Crippen LogP contribution in [-0.2, 0) is 0 Å². The van der Waals surface area contributed by atoms with E-state index in [9.17, 15) is 9.59 Å². The van der Waals surface area contributed by atoms with Crippen LogP contribution in [0.2, 0.25) is 0 Å². The summed E-state index contributed by atoms with van der Waals surface area (Å²) in [7, 11) is 1.74. The van der Waals surface area contributed by atoms with Crippen LogP contribution in [0.5, 0.6) is 0 Å². The van der Waals surface area contributed by atoms with E-state index < -0.39 is 5.97 Å². The number of hydrogen-bond acceptors (Lipinski definition) is 2. The molecule has 0 radical (unpaired) electrons. The van der Waals surface area contributed by atoms with Crippen LogP contribution in [0.3, 0.4) is 0 Å². The summed E-state index contributed by atoms with van der Waals surface area (Å²) in [6.45, 7) is 5.78. The number of aromatic carboxylic acids is 1. The molecule has 2 amide bonds. The summed E-state index contributed by atoms with van der Waals surface area (Å²) in [4.78, 5) is 24.8. The molecular weight excluding hydrogens is 256 g/mol. The second-order valence-electron chi connectivity index (χ2n) is 5.01. The zero-order chi connectivity index (χ0) is 15.3. The van der Waals surface area contributed by atoms with Gasteiger partial charge in [-0.15, -0.1) is 0 Å². The lowest BCUT2D eigenvalue weighted by atomic mass is 10.1. The Bertz CT molecular complexity index is 500. The molecule has 20 heavy (non-hydrogen) atoms. The average molecular weight is 278 g/mol. The van der Waals surface area contributed by atoms with Gasteiger partial charge < -0.3 is 15.3 Å². The third-order valence-electron chi connectivity index (χ3n) is 3.41. The smallest absolute Gasteiger partial charge is 0.336 e. The van der Waals surface area contributed by atoms with E-state index in [0.29, 0.717) is 11.3 Å². The number of carboxylic acid groups (broad SMARTS) is 1. The first-order valence-electron chi connectivity index (χ1n) is 6.74. The normalized spacial score (nSPS) is 11.8. The van der Waals surface area contributed by atoms with Gasteiger partial charge in [0.1, 0.15) is 0 Å². The van der Waals surface area contributed by atoms with Crippen LogP contribution in [0.4, 0.5) is 10.5 Å². The molecule has 0 aromatic heterocycles. The topological polar surface area (TPSA) is 69.6 Å². The van der Waals surface area contributed by atoms with E-state index in [-0.39, 0.29) is 17.6 Å². The summed E-state index contributed by atoms with van der Waals surface area (Å²) in [5.74, 6) is -0.994. The van der Waals surface area contributed by atoms with Crippen molar-refractivity contribution < 1.29 is 14.7 Å². The van der Waals surface area contributed by atoms with Gasteiger partial charge in [0.05, 0.1) is 5.56 Å². The average Bonchev–Trinajstić information content (AvgIpc) is 2.39. The third kappa shape index (κ3) is 3.98. The quantitative estimate of drug-likeness (QED) is 0.867. The van der Waals surface area contributed by atoms with Crippen molar-refractivity contribution in [2.45, 2.75) is 39.7 Å². The predicted molar refractivity (Wildman–Crippen MR) is 79.3 cm³/mol. The standard InChI is InChI=1S/C15H22N2O3/c1-5-6-11(3)17(4)15(20)16-12-8-7-10(2)13(9-12)14(18)19/h7-9,11H,5-6H2,1-4H3,(H,16,20)(H,18,19). The molecule has 0 saturated carbocycles. The Hall–Kier alpha value is -2.04. The number of carbonyl (C=O) groups excluding carboxylic acids is 1. The lowest BCUT2D eigenvalue weighted by Crippen LogP contribution is -2.38. The molecule has 5 heteroatoms.